The maximum absolute atomic E-state index is 12.4. The highest BCUT2D eigenvalue weighted by Crippen LogP contribution is 2.27. The van der Waals surface area contributed by atoms with Gasteiger partial charge in [-0.05, 0) is 30.3 Å². The molecule has 0 aliphatic heterocycles. The molecule has 1 amide bonds. The lowest BCUT2D eigenvalue weighted by molar-refractivity contribution is -0.116. The summed E-state index contributed by atoms with van der Waals surface area (Å²) in [6.45, 7) is 0.209. The van der Waals surface area contributed by atoms with Crippen molar-refractivity contribution in [1.29, 1.82) is 0 Å². The molecule has 0 atom stereocenters. The highest BCUT2D eigenvalue weighted by Gasteiger charge is 2.11. The van der Waals surface area contributed by atoms with Crippen molar-refractivity contribution in [2.45, 2.75) is 6.54 Å². The van der Waals surface area contributed by atoms with E-state index < -0.39 is 0 Å². The fourth-order valence-corrected chi connectivity index (χ4v) is 3.55. The number of benzene rings is 1. The highest BCUT2D eigenvalue weighted by molar-refractivity contribution is 7.14. The van der Waals surface area contributed by atoms with Crippen LogP contribution in [0.2, 0.25) is 0 Å². The molecule has 3 aromatic heterocycles. The van der Waals surface area contributed by atoms with Crippen LogP contribution in [0.15, 0.2) is 60.4 Å². The van der Waals surface area contributed by atoms with Gasteiger partial charge < -0.3 is 14.6 Å². The van der Waals surface area contributed by atoms with E-state index in [-0.39, 0.29) is 12.5 Å². The minimum absolute atomic E-state index is 0.124. The zero-order valence-corrected chi connectivity index (χ0v) is 14.9. The van der Waals surface area contributed by atoms with Gasteiger partial charge in [-0.1, -0.05) is 6.07 Å². The van der Waals surface area contributed by atoms with Gasteiger partial charge in [0.15, 0.2) is 5.13 Å². The van der Waals surface area contributed by atoms with Crippen molar-refractivity contribution in [1.82, 2.24) is 14.5 Å². The molecule has 0 saturated heterocycles. The summed E-state index contributed by atoms with van der Waals surface area (Å²) in [6.07, 6.45) is 5.33. The SMILES string of the molecule is COc1cccc2c1ccn2CC(=O)Nc1nc(-c2ccncc2)cs1. The third kappa shape index (κ3) is 3.16. The molecule has 26 heavy (non-hydrogen) atoms. The predicted molar refractivity (Wildman–Crippen MR) is 102 cm³/mol. The van der Waals surface area contributed by atoms with Crippen molar-refractivity contribution in [2.75, 3.05) is 12.4 Å². The molecule has 0 aliphatic rings. The number of aromatic nitrogens is 3. The first-order valence-corrected chi connectivity index (χ1v) is 8.90. The van der Waals surface area contributed by atoms with E-state index in [1.54, 1.807) is 19.5 Å². The number of pyridine rings is 1. The molecule has 1 N–H and O–H groups in total. The maximum Gasteiger partial charge on any atom is 0.246 e. The summed E-state index contributed by atoms with van der Waals surface area (Å²) in [5.41, 5.74) is 2.75. The largest absolute Gasteiger partial charge is 0.496 e. The Balaban J connectivity index is 1.49. The molecular weight excluding hydrogens is 348 g/mol. The summed E-state index contributed by atoms with van der Waals surface area (Å²) in [4.78, 5) is 20.9. The molecule has 0 spiro atoms. The smallest absolute Gasteiger partial charge is 0.246 e. The van der Waals surface area contributed by atoms with Crippen molar-refractivity contribution < 1.29 is 9.53 Å². The van der Waals surface area contributed by atoms with Gasteiger partial charge in [0.25, 0.3) is 0 Å². The van der Waals surface area contributed by atoms with Gasteiger partial charge in [0.1, 0.15) is 12.3 Å². The van der Waals surface area contributed by atoms with Crippen molar-refractivity contribution >= 4 is 33.3 Å². The Hall–Kier alpha value is -3.19. The van der Waals surface area contributed by atoms with Gasteiger partial charge in [-0.2, -0.15) is 0 Å². The molecule has 0 saturated carbocycles. The molecule has 0 aliphatic carbocycles. The summed E-state index contributed by atoms with van der Waals surface area (Å²) in [5, 5.41) is 6.34. The topological polar surface area (TPSA) is 69.0 Å². The number of carbonyl (C=O) groups excluding carboxylic acids is 1. The Labute approximate surface area is 154 Å². The summed E-state index contributed by atoms with van der Waals surface area (Å²) in [5.74, 6) is 0.671. The second kappa shape index (κ2) is 6.97. The van der Waals surface area contributed by atoms with Crippen LogP contribution < -0.4 is 10.1 Å². The lowest BCUT2D eigenvalue weighted by atomic mass is 10.2. The minimum atomic E-state index is -0.124. The Kier molecular flexibility index (Phi) is 4.37. The summed E-state index contributed by atoms with van der Waals surface area (Å²) in [7, 11) is 1.64. The first-order valence-electron chi connectivity index (χ1n) is 8.02. The fourth-order valence-electron chi connectivity index (χ4n) is 2.81. The summed E-state index contributed by atoms with van der Waals surface area (Å²) in [6, 6.07) is 11.5. The summed E-state index contributed by atoms with van der Waals surface area (Å²) < 4.78 is 7.25. The molecule has 7 heteroatoms. The minimum Gasteiger partial charge on any atom is -0.496 e. The third-order valence-corrected chi connectivity index (χ3v) is 4.79. The van der Waals surface area contributed by atoms with E-state index in [0.29, 0.717) is 5.13 Å². The number of thiazole rings is 1. The van der Waals surface area contributed by atoms with Crippen LogP contribution in [0.5, 0.6) is 5.75 Å². The Morgan fingerprint density at radius 3 is 2.88 bits per heavy atom. The molecule has 0 bridgehead atoms. The van der Waals surface area contributed by atoms with Crippen molar-refractivity contribution in [2.24, 2.45) is 0 Å². The number of fused-ring (bicyclic) bond motifs is 1. The van der Waals surface area contributed by atoms with E-state index in [2.05, 4.69) is 15.3 Å². The van der Waals surface area contributed by atoms with E-state index in [1.165, 1.54) is 11.3 Å². The van der Waals surface area contributed by atoms with Crippen LogP contribution in [0.3, 0.4) is 0 Å². The Bertz CT molecular complexity index is 1060. The molecule has 6 nitrogen and oxygen atoms in total. The van der Waals surface area contributed by atoms with Crippen LogP contribution in [-0.2, 0) is 11.3 Å². The van der Waals surface area contributed by atoms with Gasteiger partial charge >= 0.3 is 0 Å². The number of ether oxygens (including phenoxy) is 1. The predicted octanol–water partition coefficient (Wildman–Crippen LogP) is 3.81. The van der Waals surface area contributed by atoms with Crippen molar-refractivity contribution in [3.05, 3.63) is 60.4 Å². The van der Waals surface area contributed by atoms with E-state index in [9.17, 15) is 4.79 Å². The fraction of sp³-hybridized carbons (Fsp3) is 0.105. The van der Waals surface area contributed by atoms with E-state index >= 15 is 0 Å². The third-order valence-electron chi connectivity index (χ3n) is 4.03. The van der Waals surface area contributed by atoms with Crippen molar-refractivity contribution in [3.63, 3.8) is 0 Å². The number of amides is 1. The normalized spacial score (nSPS) is 10.8. The number of methoxy groups -OCH3 is 1. The number of nitrogens with zero attached hydrogens (tertiary/aromatic N) is 3. The van der Waals surface area contributed by atoms with Gasteiger partial charge in [-0.25, -0.2) is 4.98 Å². The van der Waals surface area contributed by atoms with Gasteiger partial charge in [-0.3, -0.25) is 9.78 Å². The molecule has 4 aromatic rings. The number of hydrogen-bond acceptors (Lipinski definition) is 5. The maximum atomic E-state index is 12.4. The second-order valence-electron chi connectivity index (χ2n) is 5.66. The molecule has 130 valence electrons. The van der Waals surface area contributed by atoms with Crippen LogP contribution in [0.1, 0.15) is 0 Å². The van der Waals surface area contributed by atoms with Crippen LogP contribution >= 0.6 is 11.3 Å². The van der Waals surface area contributed by atoms with Gasteiger partial charge in [0.05, 0.1) is 18.3 Å². The first kappa shape index (κ1) is 16.3. The van der Waals surface area contributed by atoms with Crippen LogP contribution in [0, 0.1) is 0 Å². The van der Waals surface area contributed by atoms with Crippen molar-refractivity contribution in [3.8, 4) is 17.0 Å². The van der Waals surface area contributed by atoms with E-state index in [4.69, 9.17) is 4.74 Å². The molecular formula is C19H16N4O2S. The molecule has 0 fully saturated rings. The number of rotatable bonds is 5. The first-order chi connectivity index (χ1) is 12.7. The lowest BCUT2D eigenvalue weighted by Crippen LogP contribution is -2.18. The Morgan fingerprint density at radius 2 is 2.08 bits per heavy atom. The van der Waals surface area contributed by atoms with Gasteiger partial charge in [0.2, 0.25) is 5.91 Å². The second-order valence-corrected chi connectivity index (χ2v) is 6.52. The average molecular weight is 364 g/mol. The summed E-state index contributed by atoms with van der Waals surface area (Å²) >= 11 is 1.40. The zero-order valence-electron chi connectivity index (χ0n) is 14.0. The molecule has 3 heterocycles. The number of hydrogen-bond donors (Lipinski definition) is 1. The quantitative estimate of drug-likeness (QED) is 0.585. The lowest BCUT2D eigenvalue weighted by Gasteiger charge is -2.06. The van der Waals surface area contributed by atoms with E-state index in [0.717, 1.165) is 27.9 Å². The molecule has 0 radical (unpaired) electrons. The van der Waals surface area contributed by atoms with Crippen LogP contribution in [-0.4, -0.2) is 27.6 Å². The number of anilines is 1. The zero-order chi connectivity index (χ0) is 17.9. The highest BCUT2D eigenvalue weighted by atomic mass is 32.1. The van der Waals surface area contributed by atoms with Crippen LogP contribution in [0.4, 0.5) is 5.13 Å². The van der Waals surface area contributed by atoms with E-state index in [1.807, 2.05) is 52.5 Å². The standard InChI is InChI=1S/C19H16N4O2S/c1-25-17-4-2-3-16-14(17)7-10-23(16)11-18(24)22-19-21-15(12-26-19)13-5-8-20-9-6-13/h2-10,12H,11H2,1H3,(H,21,22,24). The van der Waals surface area contributed by atoms with Gasteiger partial charge in [0, 0.05) is 34.9 Å². The monoisotopic (exact) mass is 364 g/mol. The molecule has 4 rings (SSSR count). The number of carbonyl (C=O) groups is 1. The number of nitrogens with one attached hydrogen (secondary N) is 1. The van der Waals surface area contributed by atoms with Crippen LogP contribution in [0.25, 0.3) is 22.2 Å². The average Bonchev–Trinajstić information content (AvgIpc) is 3.30. The molecule has 1 aromatic carbocycles. The van der Waals surface area contributed by atoms with Gasteiger partial charge in [-0.15, -0.1) is 11.3 Å². The molecule has 0 unspecified atom stereocenters. The Morgan fingerprint density at radius 1 is 1.23 bits per heavy atom.